The van der Waals surface area contributed by atoms with Crippen molar-refractivity contribution in [1.82, 2.24) is 9.47 Å². The minimum absolute atomic E-state index is 0.118. The summed E-state index contributed by atoms with van der Waals surface area (Å²) < 4.78 is 12.4. The maximum Gasteiger partial charge on any atom is 0.410 e. The van der Waals surface area contributed by atoms with Crippen LogP contribution in [-0.2, 0) is 11.8 Å². The van der Waals surface area contributed by atoms with Crippen molar-refractivity contribution in [3.63, 3.8) is 0 Å². The molecule has 1 aliphatic rings. The Morgan fingerprint density at radius 2 is 2.08 bits per heavy atom. The number of benzene rings is 1. The third-order valence-electron chi connectivity index (χ3n) is 4.26. The topological polar surface area (TPSA) is 81.0 Å². The van der Waals surface area contributed by atoms with E-state index in [1.807, 2.05) is 0 Å². The van der Waals surface area contributed by atoms with Crippen molar-refractivity contribution in [2.24, 2.45) is 7.05 Å². The minimum atomic E-state index is -1.05. The Kier molecular flexibility index (Phi) is 4.47. The Balaban J connectivity index is 1.97. The summed E-state index contributed by atoms with van der Waals surface area (Å²) in [6, 6.07) is 1.64. The SMILES string of the molecule is Cc1c(C(=O)O)n(C)c2cc(OCC3CN(C)C(=O)O3)c(Cl)c(Cl)c12. The van der Waals surface area contributed by atoms with Crippen LogP contribution in [0.3, 0.4) is 0 Å². The summed E-state index contributed by atoms with van der Waals surface area (Å²) in [7, 11) is 3.28. The minimum Gasteiger partial charge on any atom is -0.488 e. The number of carboxylic acid groups (broad SMARTS) is 1. The van der Waals surface area contributed by atoms with Crippen LogP contribution >= 0.6 is 23.2 Å². The van der Waals surface area contributed by atoms with Gasteiger partial charge in [0.25, 0.3) is 0 Å². The third-order valence-corrected chi connectivity index (χ3v) is 5.11. The van der Waals surface area contributed by atoms with E-state index in [4.69, 9.17) is 32.7 Å². The largest absolute Gasteiger partial charge is 0.488 e. The van der Waals surface area contributed by atoms with Gasteiger partial charge in [-0.3, -0.25) is 0 Å². The molecule has 3 rings (SSSR count). The molecular weight excluding hydrogens is 371 g/mol. The molecule has 1 amide bonds. The number of likely N-dealkylation sites (N-methyl/N-ethyl adjacent to an activating group) is 1. The molecule has 1 unspecified atom stereocenters. The van der Waals surface area contributed by atoms with Gasteiger partial charge in [0.2, 0.25) is 0 Å². The summed E-state index contributed by atoms with van der Waals surface area (Å²) in [4.78, 5) is 24.3. The summed E-state index contributed by atoms with van der Waals surface area (Å²) >= 11 is 12.7. The Morgan fingerprint density at radius 3 is 2.64 bits per heavy atom. The van der Waals surface area contributed by atoms with Gasteiger partial charge in [-0.1, -0.05) is 23.2 Å². The van der Waals surface area contributed by atoms with Crippen LogP contribution in [0.25, 0.3) is 10.9 Å². The first kappa shape index (κ1) is 17.7. The number of aromatic carboxylic acids is 1. The molecule has 1 fully saturated rings. The summed E-state index contributed by atoms with van der Waals surface area (Å²) in [6.07, 6.45) is -0.815. The van der Waals surface area contributed by atoms with Crippen molar-refractivity contribution in [1.29, 1.82) is 0 Å². The van der Waals surface area contributed by atoms with Gasteiger partial charge in [-0.05, 0) is 12.5 Å². The van der Waals surface area contributed by atoms with E-state index in [1.54, 1.807) is 27.1 Å². The van der Waals surface area contributed by atoms with E-state index in [-0.39, 0.29) is 22.3 Å². The van der Waals surface area contributed by atoms with E-state index in [1.165, 1.54) is 9.47 Å². The lowest BCUT2D eigenvalue weighted by Crippen LogP contribution is -2.23. The van der Waals surface area contributed by atoms with Crippen LogP contribution in [0.4, 0.5) is 4.79 Å². The number of amides is 1. The maximum atomic E-state index is 11.5. The summed E-state index contributed by atoms with van der Waals surface area (Å²) in [5.74, 6) is -0.742. The van der Waals surface area contributed by atoms with Crippen molar-refractivity contribution < 1.29 is 24.2 Å². The molecule has 1 aromatic carbocycles. The summed E-state index contributed by atoms with van der Waals surface area (Å²) in [6.45, 7) is 2.22. The zero-order valence-electron chi connectivity index (χ0n) is 13.8. The predicted octanol–water partition coefficient (Wildman–Crippen LogP) is 3.32. The molecule has 1 atom stereocenters. The number of nitrogens with zero attached hydrogens (tertiary/aromatic N) is 2. The zero-order chi connectivity index (χ0) is 18.5. The van der Waals surface area contributed by atoms with Crippen LogP contribution in [0, 0.1) is 6.92 Å². The molecule has 0 radical (unpaired) electrons. The molecule has 134 valence electrons. The summed E-state index contributed by atoms with van der Waals surface area (Å²) in [5.41, 5.74) is 1.27. The molecule has 1 aromatic heterocycles. The van der Waals surface area contributed by atoms with Gasteiger partial charge in [-0.2, -0.15) is 0 Å². The quantitative estimate of drug-likeness (QED) is 0.871. The smallest absolute Gasteiger partial charge is 0.410 e. The van der Waals surface area contributed by atoms with E-state index in [0.717, 1.165) is 0 Å². The van der Waals surface area contributed by atoms with Crippen molar-refractivity contribution in [3.8, 4) is 5.75 Å². The highest BCUT2D eigenvalue weighted by Gasteiger charge is 2.29. The molecule has 0 spiro atoms. The van der Waals surface area contributed by atoms with Gasteiger partial charge in [-0.15, -0.1) is 0 Å². The third kappa shape index (κ3) is 2.87. The van der Waals surface area contributed by atoms with Gasteiger partial charge in [0.05, 0.1) is 17.1 Å². The number of fused-ring (bicyclic) bond motifs is 1. The number of halogens is 2. The molecule has 0 bridgehead atoms. The molecule has 2 aromatic rings. The van der Waals surface area contributed by atoms with E-state index in [2.05, 4.69) is 0 Å². The fourth-order valence-electron chi connectivity index (χ4n) is 3.03. The molecule has 7 nitrogen and oxygen atoms in total. The lowest BCUT2D eigenvalue weighted by molar-refractivity contribution is 0.0686. The van der Waals surface area contributed by atoms with E-state index >= 15 is 0 Å². The first-order valence-corrected chi connectivity index (χ1v) is 8.22. The van der Waals surface area contributed by atoms with Gasteiger partial charge in [0.15, 0.2) is 6.10 Å². The number of carboxylic acids is 1. The van der Waals surface area contributed by atoms with E-state index < -0.39 is 18.2 Å². The Hall–Kier alpha value is -2.12. The van der Waals surface area contributed by atoms with Crippen LogP contribution < -0.4 is 4.74 Å². The number of carbonyl (C=O) groups is 2. The number of cyclic esters (lactones) is 1. The molecule has 9 heteroatoms. The average molecular weight is 387 g/mol. The Labute approximate surface area is 153 Å². The number of ether oxygens (including phenoxy) is 2. The molecule has 2 heterocycles. The van der Waals surface area contributed by atoms with Crippen molar-refractivity contribution in [3.05, 3.63) is 27.4 Å². The van der Waals surface area contributed by atoms with Gasteiger partial charge >= 0.3 is 12.1 Å². The van der Waals surface area contributed by atoms with Crippen molar-refractivity contribution in [2.75, 3.05) is 20.2 Å². The van der Waals surface area contributed by atoms with Gasteiger partial charge in [0, 0.05) is 25.5 Å². The van der Waals surface area contributed by atoms with Crippen LogP contribution in [0.1, 0.15) is 16.1 Å². The highest BCUT2D eigenvalue weighted by molar-refractivity contribution is 6.46. The second-order valence-corrected chi connectivity index (χ2v) is 6.69. The monoisotopic (exact) mass is 386 g/mol. The predicted molar refractivity (Wildman–Crippen MR) is 93.0 cm³/mol. The lowest BCUT2D eigenvalue weighted by atomic mass is 10.1. The normalized spacial score (nSPS) is 17.2. The molecule has 0 saturated carbocycles. The molecule has 1 saturated heterocycles. The highest BCUT2D eigenvalue weighted by atomic mass is 35.5. The fourth-order valence-corrected chi connectivity index (χ4v) is 3.57. The number of carbonyl (C=O) groups excluding carboxylic acids is 1. The molecule has 1 N–H and O–H groups in total. The van der Waals surface area contributed by atoms with Crippen LogP contribution in [0.5, 0.6) is 5.75 Å². The second kappa shape index (κ2) is 6.31. The molecule has 25 heavy (non-hydrogen) atoms. The number of aromatic nitrogens is 1. The van der Waals surface area contributed by atoms with Crippen LogP contribution in [0.2, 0.25) is 10.0 Å². The van der Waals surface area contributed by atoms with Crippen molar-refractivity contribution >= 4 is 46.2 Å². The van der Waals surface area contributed by atoms with Crippen molar-refractivity contribution in [2.45, 2.75) is 13.0 Å². The number of rotatable bonds is 4. The summed E-state index contributed by atoms with van der Waals surface area (Å²) in [5, 5.41) is 10.4. The molecule has 0 aliphatic carbocycles. The van der Waals surface area contributed by atoms with Gasteiger partial charge in [-0.25, -0.2) is 9.59 Å². The second-order valence-electron chi connectivity index (χ2n) is 5.93. The first-order chi connectivity index (χ1) is 11.7. The number of hydrogen-bond acceptors (Lipinski definition) is 4. The Morgan fingerprint density at radius 1 is 1.40 bits per heavy atom. The molecular formula is C16H16Cl2N2O5. The number of aryl methyl sites for hydroxylation is 2. The first-order valence-electron chi connectivity index (χ1n) is 7.47. The van der Waals surface area contributed by atoms with Gasteiger partial charge < -0.3 is 24.0 Å². The Bertz CT molecular complexity index is 893. The average Bonchev–Trinajstić information content (AvgIpc) is 2.98. The van der Waals surface area contributed by atoms with Crippen LogP contribution in [0.15, 0.2) is 6.07 Å². The van der Waals surface area contributed by atoms with E-state index in [9.17, 15) is 14.7 Å². The van der Waals surface area contributed by atoms with E-state index in [0.29, 0.717) is 28.8 Å². The lowest BCUT2D eigenvalue weighted by Gasteiger charge is -2.13. The fraction of sp³-hybridized carbons (Fsp3) is 0.375. The maximum absolute atomic E-state index is 11.5. The number of hydrogen-bond donors (Lipinski definition) is 1. The van der Waals surface area contributed by atoms with Gasteiger partial charge in [0.1, 0.15) is 23.1 Å². The molecule has 1 aliphatic heterocycles. The zero-order valence-corrected chi connectivity index (χ0v) is 15.3. The van der Waals surface area contributed by atoms with Crippen LogP contribution in [-0.4, -0.2) is 52.9 Å². The highest BCUT2D eigenvalue weighted by Crippen LogP contribution is 2.41. The standard InChI is InChI=1S/C16H16Cl2N2O5/c1-7-11-9(20(3)14(7)15(21)22)4-10(12(17)13(11)18)24-6-8-5-19(2)16(23)25-8/h4,8H,5-6H2,1-3H3,(H,21,22).